The van der Waals surface area contributed by atoms with Crippen LogP contribution in [-0.4, -0.2) is 71.9 Å². The molecule has 4 heteroatoms. The van der Waals surface area contributed by atoms with E-state index in [2.05, 4.69) is 56.4 Å². The lowest BCUT2D eigenvalue weighted by atomic mass is 9.89. The zero-order valence-corrected chi connectivity index (χ0v) is 14.9. The molecule has 0 aliphatic carbocycles. The highest BCUT2D eigenvalue weighted by Crippen LogP contribution is 2.23. The first-order valence-electron chi connectivity index (χ1n) is 8.46. The first-order valence-corrected chi connectivity index (χ1v) is 8.46. The summed E-state index contributed by atoms with van der Waals surface area (Å²) < 4.78 is 0. The SMILES string of the molecule is CC(C)(C)C1=NN(CCN2CCN(C(C)(C)C)CC2)CC1. The lowest BCUT2D eigenvalue weighted by Crippen LogP contribution is -2.54. The largest absolute Gasteiger partial charge is 0.299 e. The molecule has 0 amide bonds. The second-order valence-corrected chi connectivity index (χ2v) is 8.50. The van der Waals surface area contributed by atoms with E-state index in [9.17, 15) is 0 Å². The van der Waals surface area contributed by atoms with Gasteiger partial charge in [-0.3, -0.25) is 14.8 Å². The molecule has 0 saturated carbocycles. The van der Waals surface area contributed by atoms with Crippen LogP contribution in [0.4, 0.5) is 0 Å². The quantitative estimate of drug-likeness (QED) is 0.798. The van der Waals surface area contributed by atoms with Crippen LogP contribution in [0.3, 0.4) is 0 Å². The van der Waals surface area contributed by atoms with Crippen LogP contribution < -0.4 is 0 Å². The fourth-order valence-corrected chi connectivity index (χ4v) is 3.09. The van der Waals surface area contributed by atoms with Crippen molar-refractivity contribution < 1.29 is 0 Å². The molecule has 122 valence electrons. The van der Waals surface area contributed by atoms with E-state index >= 15 is 0 Å². The second kappa shape index (κ2) is 6.25. The highest BCUT2D eigenvalue weighted by Gasteiger charge is 2.27. The number of hydrogen-bond donors (Lipinski definition) is 0. The van der Waals surface area contributed by atoms with Crippen molar-refractivity contribution in [1.29, 1.82) is 0 Å². The van der Waals surface area contributed by atoms with Crippen molar-refractivity contribution in [3.8, 4) is 0 Å². The molecular formula is C17H34N4. The van der Waals surface area contributed by atoms with E-state index in [1.165, 1.54) is 31.9 Å². The zero-order valence-electron chi connectivity index (χ0n) is 14.9. The third-order valence-electron chi connectivity index (χ3n) is 4.73. The molecule has 2 aliphatic heterocycles. The number of hydrazone groups is 1. The predicted octanol–water partition coefficient (Wildman–Crippen LogP) is 2.51. The van der Waals surface area contributed by atoms with E-state index in [1.807, 2.05) is 0 Å². The second-order valence-electron chi connectivity index (χ2n) is 8.50. The molecule has 0 N–H and O–H groups in total. The molecule has 0 spiro atoms. The van der Waals surface area contributed by atoms with Crippen LogP contribution in [0.15, 0.2) is 5.10 Å². The predicted molar refractivity (Wildman–Crippen MR) is 90.8 cm³/mol. The minimum atomic E-state index is 0.229. The van der Waals surface area contributed by atoms with Gasteiger partial charge in [-0.05, 0) is 20.8 Å². The van der Waals surface area contributed by atoms with Gasteiger partial charge in [0.2, 0.25) is 0 Å². The van der Waals surface area contributed by atoms with Gasteiger partial charge in [0.1, 0.15) is 0 Å². The minimum absolute atomic E-state index is 0.229. The number of hydrogen-bond acceptors (Lipinski definition) is 4. The van der Waals surface area contributed by atoms with E-state index in [0.29, 0.717) is 5.54 Å². The summed E-state index contributed by atoms with van der Waals surface area (Å²) in [4.78, 5) is 5.18. The van der Waals surface area contributed by atoms with Gasteiger partial charge < -0.3 is 0 Å². The first kappa shape index (κ1) is 16.8. The van der Waals surface area contributed by atoms with Crippen molar-refractivity contribution >= 4 is 5.71 Å². The molecule has 0 bridgehead atoms. The summed E-state index contributed by atoms with van der Waals surface area (Å²) in [7, 11) is 0. The summed E-state index contributed by atoms with van der Waals surface area (Å²) >= 11 is 0. The summed E-state index contributed by atoms with van der Waals surface area (Å²) in [5.41, 5.74) is 1.90. The normalized spacial score (nSPS) is 22.8. The van der Waals surface area contributed by atoms with Gasteiger partial charge in [-0.2, -0.15) is 5.10 Å². The number of piperazine rings is 1. The Morgan fingerprint density at radius 3 is 1.95 bits per heavy atom. The van der Waals surface area contributed by atoms with Crippen molar-refractivity contribution in [3.63, 3.8) is 0 Å². The maximum Gasteiger partial charge on any atom is 0.0487 e. The molecule has 0 radical (unpaired) electrons. The fraction of sp³-hybridized carbons (Fsp3) is 0.941. The third kappa shape index (κ3) is 4.68. The van der Waals surface area contributed by atoms with Gasteiger partial charge in [0.05, 0.1) is 0 Å². The summed E-state index contributed by atoms with van der Waals surface area (Å²) in [6, 6.07) is 0. The highest BCUT2D eigenvalue weighted by atomic mass is 15.5. The van der Waals surface area contributed by atoms with E-state index < -0.39 is 0 Å². The van der Waals surface area contributed by atoms with Crippen LogP contribution in [0, 0.1) is 5.41 Å². The number of rotatable bonds is 3. The van der Waals surface area contributed by atoms with Gasteiger partial charge in [0.25, 0.3) is 0 Å². The molecule has 21 heavy (non-hydrogen) atoms. The minimum Gasteiger partial charge on any atom is -0.299 e. The summed E-state index contributed by atoms with van der Waals surface area (Å²) in [5, 5.41) is 7.09. The maximum absolute atomic E-state index is 4.81. The Kier molecular flexibility index (Phi) is 4.99. The van der Waals surface area contributed by atoms with E-state index in [-0.39, 0.29) is 5.41 Å². The van der Waals surface area contributed by atoms with Crippen molar-refractivity contribution in [2.24, 2.45) is 10.5 Å². The molecule has 1 fully saturated rings. The first-order chi connectivity index (χ1) is 9.66. The molecule has 1 saturated heterocycles. The Hall–Kier alpha value is -0.610. The molecule has 2 aliphatic rings. The molecular weight excluding hydrogens is 260 g/mol. The monoisotopic (exact) mass is 294 g/mol. The lowest BCUT2D eigenvalue weighted by Gasteiger charge is -2.42. The van der Waals surface area contributed by atoms with Crippen molar-refractivity contribution in [3.05, 3.63) is 0 Å². The number of nitrogens with zero attached hydrogens (tertiary/aromatic N) is 4. The average molecular weight is 294 g/mol. The molecule has 0 aromatic rings. The summed E-state index contributed by atoms with van der Waals surface area (Å²) in [5.74, 6) is 0. The average Bonchev–Trinajstić information content (AvgIpc) is 2.84. The van der Waals surface area contributed by atoms with Gasteiger partial charge in [-0.25, -0.2) is 0 Å². The summed E-state index contributed by atoms with van der Waals surface area (Å²) in [6.07, 6.45) is 1.14. The van der Waals surface area contributed by atoms with Crippen molar-refractivity contribution in [2.75, 3.05) is 45.8 Å². The van der Waals surface area contributed by atoms with E-state index in [4.69, 9.17) is 5.10 Å². The zero-order chi connectivity index (χ0) is 15.7. The van der Waals surface area contributed by atoms with Crippen LogP contribution in [-0.2, 0) is 0 Å². The van der Waals surface area contributed by atoms with Gasteiger partial charge in [0.15, 0.2) is 0 Å². The van der Waals surface area contributed by atoms with Crippen molar-refractivity contribution in [1.82, 2.24) is 14.8 Å². The third-order valence-corrected chi connectivity index (χ3v) is 4.73. The maximum atomic E-state index is 4.81. The van der Waals surface area contributed by atoms with Gasteiger partial charge in [0, 0.05) is 68.9 Å². The van der Waals surface area contributed by atoms with Crippen LogP contribution in [0.25, 0.3) is 0 Å². The Morgan fingerprint density at radius 2 is 1.48 bits per heavy atom. The van der Waals surface area contributed by atoms with Crippen LogP contribution in [0.1, 0.15) is 48.0 Å². The van der Waals surface area contributed by atoms with Crippen LogP contribution in [0.5, 0.6) is 0 Å². The smallest absolute Gasteiger partial charge is 0.0487 e. The standard InChI is InChI=1S/C17H34N4/c1-16(2,3)15-7-8-21(18-15)14-11-19-9-12-20(13-10-19)17(4,5)6/h7-14H2,1-6H3. The highest BCUT2D eigenvalue weighted by molar-refractivity contribution is 5.90. The lowest BCUT2D eigenvalue weighted by molar-refractivity contribution is 0.0582. The molecule has 2 rings (SSSR count). The van der Waals surface area contributed by atoms with Crippen LogP contribution in [0.2, 0.25) is 0 Å². The Balaban J connectivity index is 1.73. The Bertz CT molecular complexity index is 367. The molecule has 4 nitrogen and oxygen atoms in total. The summed E-state index contributed by atoms with van der Waals surface area (Å²) in [6.45, 7) is 21.9. The molecule has 2 heterocycles. The van der Waals surface area contributed by atoms with Gasteiger partial charge >= 0.3 is 0 Å². The molecule has 0 unspecified atom stereocenters. The van der Waals surface area contributed by atoms with Gasteiger partial charge in [-0.1, -0.05) is 20.8 Å². The van der Waals surface area contributed by atoms with Crippen LogP contribution >= 0.6 is 0 Å². The Labute approximate surface area is 131 Å². The van der Waals surface area contributed by atoms with E-state index in [0.717, 1.165) is 26.1 Å². The molecule has 0 aromatic heterocycles. The molecule has 0 aromatic carbocycles. The van der Waals surface area contributed by atoms with E-state index in [1.54, 1.807) is 0 Å². The molecule has 0 atom stereocenters. The topological polar surface area (TPSA) is 22.1 Å². The van der Waals surface area contributed by atoms with Gasteiger partial charge in [-0.15, -0.1) is 0 Å². The fourth-order valence-electron chi connectivity index (χ4n) is 3.09. The Morgan fingerprint density at radius 1 is 0.857 bits per heavy atom. The van der Waals surface area contributed by atoms with Crippen molar-refractivity contribution in [2.45, 2.75) is 53.5 Å².